The molecule has 1 heterocycles. The minimum atomic E-state index is 0.883. The zero-order valence-corrected chi connectivity index (χ0v) is 9.00. The molecular formula is C9H8BrNS. The molecule has 0 bridgehead atoms. The first-order chi connectivity index (χ1) is 5.70. The number of nitrogens with two attached hydrogens (primary N) is 1. The number of anilines is 1. The standard InChI is InChI=1S/C9H8BrNS/c1-5-6(10)2-3-8-9(5)7(11)4-12-8/h2-4H,11H2,1H3. The van der Waals surface area contributed by atoms with E-state index in [1.807, 2.05) is 5.38 Å². The molecule has 3 heteroatoms. The lowest BCUT2D eigenvalue weighted by Crippen LogP contribution is -1.83. The summed E-state index contributed by atoms with van der Waals surface area (Å²) in [5.41, 5.74) is 7.95. The summed E-state index contributed by atoms with van der Waals surface area (Å²) < 4.78 is 2.38. The van der Waals surface area contributed by atoms with Crippen molar-refractivity contribution in [2.45, 2.75) is 6.92 Å². The zero-order chi connectivity index (χ0) is 8.72. The first-order valence-corrected chi connectivity index (χ1v) is 5.29. The van der Waals surface area contributed by atoms with Crippen LogP contribution in [0.4, 0.5) is 5.69 Å². The molecule has 0 aliphatic carbocycles. The third-order valence-electron chi connectivity index (χ3n) is 1.96. The average molecular weight is 242 g/mol. The van der Waals surface area contributed by atoms with Crippen molar-refractivity contribution in [2.24, 2.45) is 0 Å². The smallest absolute Gasteiger partial charge is 0.0505 e. The van der Waals surface area contributed by atoms with Gasteiger partial charge in [-0.05, 0) is 24.6 Å². The topological polar surface area (TPSA) is 26.0 Å². The predicted octanol–water partition coefficient (Wildman–Crippen LogP) is 3.55. The van der Waals surface area contributed by atoms with Crippen molar-refractivity contribution in [3.8, 4) is 0 Å². The monoisotopic (exact) mass is 241 g/mol. The van der Waals surface area contributed by atoms with E-state index >= 15 is 0 Å². The van der Waals surface area contributed by atoms with E-state index in [1.165, 1.54) is 15.6 Å². The Morgan fingerprint density at radius 2 is 2.17 bits per heavy atom. The van der Waals surface area contributed by atoms with Gasteiger partial charge in [-0.15, -0.1) is 11.3 Å². The number of benzene rings is 1. The molecule has 0 saturated heterocycles. The van der Waals surface area contributed by atoms with Crippen LogP contribution < -0.4 is 5.73 Å². The van der Waals surface area contributed by atoms with Crippen molar-refractivity contribution in [1.29, 1.82) is 0 Å². The van der Waals surface area contributed by atoms with Gasteiger partial charge >= 0.3 is 0 Å². The Morgan fingerprint density at radius 3 is 2.92 bits per heavy atom. The third kappa shape index (κ3) is 1.04. The molecule has 2 rings (SSSR count). The molecule has 0 radical (unpaired) electrons. The maximum atomic E-state index is 5.84. The Morgan fingerprint density at radius 1 is 1.42 bits per heavy atom. The largest absolute Gasteiger partial charge is 0.398 e. The van der Waals surface area contributed by atoms with Crippen molar-refractivity contribution in [1.82, 2.24) is 0 Å². The first-order valence-electron chi connectivity index (χ1n) is 3.62. The van der Waals surface area contributed by atoms with E-state index in [-0.39, 0.29) is 0 Å². The fourth-order valence-electron chi connectivity index (χ4n) is 1.30. The van der Waals surface area contributed by atoms with E-state index in [2.05, 4.69) is 35.0 Å². The number of fused-ring (bicyclic) bond motifs is 1. The molecule has 0 spiro atoms. The molecule has 2 aromatic rings. The SMILES string of the molecule is Cc1c(Br)ccc2scc(N)c12. The highest BCUT2D eigenvalue weighted by atomic mass is 79.9. The number of hydrogen-bond donors (Lipinski definition) is 1. The van der Waals surface area contributed by atoms with Crippen LogP contribution in [0.25, 0.3) is 10.1 Å². The van der Waals surface area contributed by atoms with Gasteiger partial charge in [0.25, 0.3) is 0 Å². The van der Waals surface area contributed by atoms with Gasteiger partial charge < -0.3 is 5.73 Å². The summed E-state index contributed by atoms with van der Waals surface area (Å²) in [6, 6.07) is 4.15. The molecule has 0 fully saturated rings. The lowest BCUT2D eigenvalue weighted by molar-refractivity contribution is 1.50. The van der Waals surface area contributed by atoms with Crippen molar-refractivity contribution in [3.63, 3.8) is 0 Å². The summed E-state index contributed by atoms with van der Waals surface area (Å²) in [4.78, 5) is 0. The van der Waals surface area contributed by atoms with Gasteiger partial charge in [-0.1, -0.05) is 15.9 Å². The molecule has 1 nitrogen and oxygen atoms in total. The molecule has 0 aliphatic heterocycles. The molecule has 1 aromatic heterocycles. The van der Waals surface area contributed by atoms with Crippen molar-refractivity contribution in [3.05, 3.63) is 27.5 Å². The number of rotatable bonds is 0. The fourth-order valence-corrected chi connectivity index (χ4v) is 2.54. The second-order valence-corrected chi connectivity index (χ2v) is 4.50. The van der Waals surface area contributed by atoms with Gasteiger partial charge in [0.15, 0.2) is 0 Å². The number of thiophene rings is 1. The Kier molecular flexibility index (Phi) is 1.85. The van der Waals surface area contributed by atoms with E-state index in [0.29, 0.717) is 0 Å². The molecule has 0 unspecified atom stereocenters. The number of aryl methyl sites for hydroxylation is 1. The van der Waals surface area contributed by atoms with Crippen molar-refractivity contribution >= 4 is 43.0 Å². The highest BCUT2D eigenvalue weighted by Crippen LogP contribution is 2.34. The van der Waals surface area contributed by atoms with Crippen LogP contribution in [-0.4, -0.2) is 0 Å². The molecule has 0 atom stereocenters. The second-order valence-electron chi connectivity index (χ2n) is 2.74. The van der Waals surface area contributed by atoms with Crippen LogP contribution in [0.5, 0.6) is 0 Å². The normalized spacial score (nSPS) is 10.8. The Hall–Kier alpha value is -0.540. The van der Waals surface area contributed by atoms with Gasteiger partial charge in [-0.3, -0.25) is 0 Å². The molecule has 2 N–H and O–H groups in total. The predicted molar refractivity (Wildman–Crippen MR) is 58.7 cm³/mol. The van der Waals surface area contributed by atoms with Crippen LogP contribution in [0.2, 0.25) is 0 Å². The third-order valence-corrected chi connectivity index (χ3v) is 3.79. The summed E-state index contributed by atoms with van der Waals surface area (Å²) in [6.07, 6.45) is 0. The molecular weight excluding hydrogens is 234 g/mol. The fraction of sp³-hybridized carbons (Fsp3) is 0.111. The number of hydrogen-bond acceptors (Lipinski definition) is 2. The highest BCUT2D eigenvalue weighted by Gasteiger charge is 2.05. The van der Waals surface area contributed by atoms with E-state index in [4.69, 9.17) is 5.73 Å². The van der Waals surface area contributed by atoms with Crippen molar-refractivity contribution in [2.75, 3.05) is 5.73 Å². The van der Waals surface area contributed by atoms with Crippen LogP contribution in [0.3, 0.4) is 0 Å². The van der Waals surface area contributed by atoms with Gasteiger partial charge in [0.1, 0.15) is 0 Å². The Labute approximate surface area is 83.3 Å². The van der Waals surface area contributed by atoms with E-state index in [1.54, 1.807) is 11.3 Å². The van der Waals surface area contributed by atoms with Gasteiger partial charge in [0.05, 0.1) is 5.69 Å². The summed E-state index contributed by atoms with van der Waals surface area (Å²) in [6.45, 7) is 2.08. The molecule has 1 aromatic carbocycles. The Bertz CT molecular complexity index is 433. The molecule has 0 aliphatic rings. The van der Waals surface area contributed by atoms with Gasteiger partial charge in [0.2, 0.25) is 0 Å². The van der Waals surface area contributed by atoms with Crippen LogP contribution in [-0.2, 0) is 0 Å². The molecule has 62 valence electrons. The van der Waals surface area contributed by atoms with Crippen LogP contribution in [0.15, 0.2) is 22.0 Å². The lowest BCUT2D eigenvalue weighted by Gasteiger charge is -2.00. The van der Waals surface area contributed by atoms with Gasteiger partial charge in [-0.25, -0.2) is 0 Å². The van der Waals surface area contributed by atoms with Gasteiger partial charge in [-0.2, -0.15) is 0 Å². The summed E-state index contributed by atoms with van der Waals surface area (Å²) in [5.74, 6) is 0. The van der Waals surface area contributed by atoms with Crippen molar-refractivity contribution < 1.29 is 0 Å². The minimum Gasteiger partial charge on any atom is -0.398 e. The maximum Gasteiger partial charge on any atom is 0.0505 e. The summed E-state index contributed by atoms with van der Waals surface area (Å²) in [7, 11) is 0. The molecule has 0 amide bonds. The second kappa shape index (κ2) is 2.75. The number of halogens is 1. The minimum absolute atomic E-state index is 0.883. The van der Waals surface area contributed by atoms with E-state index in [0.717, 1.165) is 10.2 Å². The van der Waals surface area contributed by atoms with Crippen LogP contribution in [0.1, 0.15) is 5.56 Å². The maximum absolute atomic E-state index is 5.84. The van der Waals surface area contributed by atoms with Gasteiger partial charge in [0, 0.05) is 19.9 Å². The number of nitrogen functional groups attached to an aromatic ring is 1. The summed E-state index contributed by atoms with van der Waals surface area (Å²) >= 11 is 5.18. The molecule has 12 heavy (non-hydrogen) atoms. The van der Waals surface area contributed by atoms with Crippen LogP contribution >= 0.6 is 27.3 Å². The van der Waals surface area contributed by atoms with E-state index < -0.39 is 0 Å². The quantitative estimate of drug-likeness (QED) is 0.751. The average Bonchev–Trinajstić information content (AvgIpc) is 2.41. The lowest BCUT2D eigenvalue weighted by atomic mass is 10.1. The van der Waals surface area contributed by atoms with E-state index in [9.17, 15) is 0 Å². The first kappa shape index (κ1) is 8.08. The summed E-state index contributed by atoms with van der Waals surface area (Å²) in [5, 5.41) is 3.18. The zero-order valence-electron chi connectivity index (χ0n) is 6.60. The Balaban J connectivity index is 2.96. The highest BCUT2D eigenvalue weighted by molar-refractivity contribution is 9.10. The van der Waals surface area contributed by atoms with Crippen LogP contribution in [0, 0.1) is 6.92 Å². The molecule has 0 saturated carbocycles.